The zero-order valence-corrected chi connectivity index (χ0v) is 13.7. The maximum atomic E-state index is 6.48. The van der Waals surface area contributed by atoms with Crippen LogP contribution in [-0.4, -0.2) is 23.5 Å². The lowest BCUT2D eigenvalue weighted by Gasteiger charge is -2.49. The summed E-state index contributed by atoms with van der Waals surface area (Å²) in [5.74, 6) is 0.872. The second-order valence-corrected chi connectivity index (χ2v) is 7.22. The molecule has 0 spiro atoms. The monoisotopic (exact) mass is 306 g/mol. The summed E-state index contributed by atoms with van der Waals surface area (Å²) in [5, 5.41) is 0.859. The van der Waals surface area contributed by atoms with Crippen LogP contribution in [0.4, 0.5) is 0 Å². The van der Waals surface area contributed by atoms with Crippen molar-refractivity contribution in [2.45, 2.75) is 63.6 Å². The number of likely N-dealkylation sites (tertiary alicyclic amines) is 1. The molecule has 4 atom stereocenters. The quantitative estimate of drug-likeness (QED) is 0.897. The molecule has 0 radical (unpaired) electrons. The van der Waals surface area contributed by atoms with E-state index in [1.807, 2.05) is 12.1 Å². The van der Waals surface area contributed by atoms with Gasteiger partial charge in [-0.15, -0.1) is 0 Å². The van der Waals surface area contributed by atoms with E-state index in [1.54, 1.807) is 0 Å². The zero-order valence-electron chi connectivity index (χ0n) is 13.0. The lowest BCUT2D eigenvalue weighted by Crippen LogP contribution is -2.52. The smallest absolute Gasteiger partial charge is 0.0514 e. The lowest BCUT2D eigenvalue weighted by molar-refractivity contribution is 0.0179. The highest BCUT2D eigenvalue weighted by molar-refractivity contribution is 6.31. The fourth-order valence-electron chi connectivity index (χ4n) is 4.49. The molecule has 0 amide bonds. The van der Waals surface area contributed by atoms with Gasteiger partial charge < -0.3 is 5.73 Å². The van der Waals surface area contributed by atoms with E-state index in [4.69, 9.17) is 17.3 Å². The molecule has 21 heavy (non-hydrogen) atoms. The third kappa shape index (κ3) is 3.13. The van der Waals surface area contributed by atoms with Gasteiger partial charge in [0.05, 0.1) is 6.04 Å². The van der Waals surface area contributed by atoms with Crippen molar-refractivity contribution in [3.05, 3.63) is 34.9 Å². The van der Waals surface area contributed by atoms with E-state index < -0.39 is 0 Å². The van der Waals surface area contributed by atoms with E-state index >= 15 is 0 Å². The second-order valence-electron chi connectivity index (χ2n) is 6.82. The van der Waals surface area contributed by atoms with Crippen molar-refractivity contribution in [3.63, 3.8) is 0 Å². The molecule has 3 heteroatoms. The summed E-state index contributed by atoms with van der Waals surface area (Å²) in [7, 11) is 0. The van der Waals surface area contributed by atoms with Gasteiger partial charge >= 0.3 is 0 Å². The van der Waals surface area contributed by atoms with Crippen LogP contribution in [0.5, 0.6) is 0 Å². The molecule has 2 nitrogen and oxygen atoms in total. The molecule has 2 unspecified atom stereocenters. The minimum absolute atomic E-state index is 0.102. The topological polar surface area (TPSA) is 29.3 Å². The van der Waals surface area contributed by atoms with Gasteiger partial charge in [-0.1, -0.05) is 42.6 Å². The minimum Gasteiger partial charge on any atom is -0.326 e. The van der Waals surface area contributed by atoms with Gasteiger partial charge in [0.1, 0.15) is 0 Å². The Morgan fingerprint density at radius 2 is 1.86 bits per heavy atom. The molecule has 1 heterocycles. The minimum atomic E-state index is 0.102. The van der Waals surface area contributed by atoms with E-state index in [0.29, 0.717) is 6.04 Å². The average Bonchev–Trinajstić information content (AvgIpc) is 2.49. The standard InChI is InChI=1S/C18H27ClN2/c1-13(20)18(15-9-3-4-10-16(15)19)21-12-6-8-14-7-2-5-11-17(14)21/h3-4,9-10,13-14,17-18H,2,5-8,11-12,20H2,1H3/t13?,14-,17-,18?/m1/s1. The van der Waals surface area contributed by atoms with Crippen LogP contribution >= 0.6 is 11.6 Å². The number of halogens is 1. The van der Waals surface area contributed by atoms with Crippen molar-refractivity contribution in [2.75, 3.05) is 6.54 Å². The Hall–Kier alpha value is -0.570. The first-order valence-corrected chi connectivity index (χ1v) is 8.82. The number of rotatable bonds is 3. The van der Waals surface area contributed by atoms with Crippen molar-refractivity contribution < 1.29 is 0 Å². The molecule has 116 valence electrons. The molecule has 1 saturated heterocycles. The summed E-state index contributed by atoms with van der Waals surface area (Å²) in [5.41, 5.74) is 7.60. The maximum Gasteiger partial charge on any atom is 0.0514 e. The molecule has 2 N–H and O–H groups in total. The van der Waals surface area contributed by atoms with Crippen LogP contribution in [0.3, 0.4) is 0 Å². The molecular weight excluding hydrogens is 280 g/mol. The Morgan fingerprint density at radius 3 is 2.62 bits per heavy atom. The number of piperidine rings is 1. The molecule has 0 bridgehead atoms. The summed E-state index contributed by atoms with van der Waals surface area (Å²) in [4.78, 5) is 2.68. The number of benzene rings is 1. The van der Waals surface area contributed by atoms with E-state index in [1.165, 1.54) is 50.6 Å². The van der Waals surface area contributed by atoms with E-state index in [-0.39, 0.29) is 12.1 Å². The first-order chi connectivity index (χ1) is 10.2. The van der Waals surface area contributed by atoms with Crippen molar-refractivity contribution in [1.82, 2.24) is 4.90 Å². The van der Waals surface area contributed by atoms with Crippen LogP contribution in [0.15, 0.2) is 24.3 Å². The summed E-state index contributed by atoms with van der Waals surface area (Å²) in [6.45, 7) is 3.29. The van der Waals surface area contributed by atoms with Crippen molar-refractivity contribution in [2.24, 2.45) is 11.7 Å². The Bertz CT molecular complexity index is 472. The summed E-state index contributed by atoms with van der Waals surface area (Å²) in [6, 6.07) is 9.30. The van der Waals surface area contributed by atoms with Crippen molar-refractivity contribution in [3.8, 4) is 0 Å². The summed E-state index contributed by atoms with van der Waals surface area (Å²) >= 11 is 6.48. The summed E-state index contributed by atoms with van der Waals surface area (Å²) in [6.07, 6.45) is 8.20. The molecule has 1 saturated carbocycles. The Labute approximate surface area is 133 Å². The Balaban J connectivity index is 1.91. The van der Waals surface area contributed by atoms with Gasteiger partial charge in [0, 0.05) is 17.1 Å². The highest BCUT2D eigenvalue weighted by Crippen LogP contribution is 2.41. The predicted octanol–water partition coefficient (Wildman–Crippen LogP) is 4.38. The largest absolute Gasteiger partial charge is 0.326 e. The molecule has 1 aliphatic heterocycles. The van der Waals surface area contributed by atoms with Gasteiger partial charge in [0.2, 0.25) is 0 Å². The van der Waals surface area contributed by atoms with Crippen LogP contribution in [-0.2, 0) is 0 Å². The van der Waals surface area contributed by atoms with Gasteiger partial charge in [-0.05, 0) is 56.7 Å². The molecule has 1 aliphatic carbocycles. The summed E-state index contributed by atoms with van der Waals surface area (Å²) < 4.78 is 0. The predicted molar refractivity (Wildman–Crippen MR) is 89.5 cm³/mol. The highest BCUT2D eigenvalue weighted by Gasteiger charge is 2.38. The van der Waals surface area contributed by atoms with E-state index in [9.17, 15) is 0 Å². The van der Waals surface area contributed by atoms with Crippen LogP contribution in [0, 0.1) is 5.92 Å². The normalized spacial score (nSPS) is 29.7. The van der Waals surface area contributed by atoms with Crippen LogP contribution in [0.2, 0.25) is 5.02 Å². The lowest BCUT2D eigenvalue weighted by atomic mass is 9.77. The molecule has 2 aliphatic rings. The molecule has 1 aromatic carbocycles. The van der Waals surface area contributed by atoms with Gasteiger partial charge in [-0.3, -0.25) is 4.90 Å². The highest BCUT2D eigenvalue weighted by atomic mass is 35.5. The van der Waals surface area contributed by atoms with Crippen molar-refractivity contribution >= 4 is 11.6 Å². The van der Waals surface area contributed by atoms with Gasteiger partial charge in [0.15, 0.2) is 0 Å². The first kappa shape index (κ1) is 15.3. The zero-order chi connectivity index (χ0) is 14.8. The fourth-order valence-corrected chi connectivity index (χ4v) is 4.74. The van der Waals surface area contributed by atoms with Crippen LogP contribution < -0.4 is 5.73 Å². The van der Waals surface area contributed by atoms with Gasteiger partial charge in [0.25, 0.3) is 0 Å². The van der Waals surface area contributed by atoms with Gasteiger partial charge in [-0.25, -0.2) is 0 Å². The number of fused-ring (bicyclic) bond motifs is 1. The number of hydrogen-bond donors (Lipinski definition) is 1. The Morgan fingerprint density at radius 1 is 1.14 bits per heavy atom. The SMILES string of the molecule is CC(N)C(c1ccccc1Cl)N1CCC[C@H]2CCCC[C@H]21. The second kappa shape index (κ2) is 6.68. The molecule has 0 aromatic heterocycles. The third-order valence-corrected chi connectivity index (χ3v) is 5.71. The first-order valence-electron chi connectivity index (χ1n) is 8.44. The fraction of sp³-hybridized carbons (Fsp3) is 0.667. The number of nitrogens with two attached hydrogens (primary N) is 1. The molecule has 2 fully saturated rings. The number of hydrogen-bond acceptors (Lipinski definition) is 2. The number of nitrogens with zero attached hydrogens (tertiary/aromatic N) is 1. The van der Waals surface area contributed by atoms with E-state index in [0.717, 1.165) is 10.9 Å². The van der Waals surface area contributed by atoms with Crippen molar-refractivity contribution in [1.29, 1.82) is 0 Å². The van der Waals surface area contributed by atoms with Crippen LogP contribution in [0.25, 0.3) is 0 Å². The Kier molecular flexibility index (Phi) is 4.88. The molecule has 3 rings (SSSR count). The molecule has 1 aromatic rings. The maximum absolute atomic E-state index is 6.48. The average molecular weight is 307 g/mol. The van der Waals surface area contributed by atoms with Crippen LogP contribution in [0.1, 0.15) is 57.1 Å². The third-order valence-electron chi connectivity index (χ3n) is 5.37. The van der Waals surface area contributed by atoms with Gasteiger partial charge in [-0.2, -0.15) is 0 Å². The van der Waals surface area contributed by atoms with E-state index in [2.05, 4.69) is 24.0 Å². The molecular formula is C18H27ClN2.